The molecule has 0 aliphatic rings. The van der Waals surface area contributed by atoms with E-state index in [1.165, 1.54) is 0 Å². The van der Waals surface area contributed by atoms with Crippen molar-refractivity contribution in [3.63, 3.8) is 0 Å². The standard InChI is InChI=1S/C17H14N2O2/c1-12-15(17(20)21)16(13-8-4-2-5-9-13)18-19(12)14-10-6-3-7-11-14/h2-11H,1H3,(H,20,21)/p-1. The minimum atomic E-state index is -1.21. The molecule has 2 aromatic carbocycles. The van der Waals surface area contributed by atoms with E-state index in [-0.39, 0.29) is 5.56 Å². The normalized spacial score (nSPS) is 10.5. The van der Waals surface area contributed by atoms with Crippen molar-refractivity contribution in [3.8, 4) is 16.9 Å². The smallest absolute Gasteiger partial charge is 0.102 e. The highest BCUT2D eigenvalue weighted by Crippen LogP contribution is 2.26. The fourth-order valence-electron chi connectivity index (χ4n) is 2.37. The van der Waals surface area contributed by atoms with Gasteiger partial charge in [-0.2, -0.15) is 5.10 Å². The number of carboxylic acid groups (broad SMARTS) is 1. The Morgan fingerprint density at radius 1 is 1.00 bits per heavy atom. The van der Waals surface area contributed by atoms with Crippen LogP contribution in [-0.4, -0.2) is 15.7 Å². The van der Waals surface area contributed by atoms with E-state index in [9.17, 15) is 9.90 Å². The quantitative estimate of drug-likeness (QED) is 0.737. The van der Waals surface area contributed by atoms with Gasteiger partial charge in [0, 0.05) is 11.1 Å². The van der Waals surface area contributed by atoms with Crippen molar-refractivity contribution in [2.24, 2.45) is 0 Å². The topological polar surface area (TPSA) is 57.9 Å². The van der Waals surface area contributed by atoms with Gasteiger partial charge in [-0.3, -0.25) is 0 Å². The minimum absolute atomic E-state index is 0.130. The average molecular weight is 277 g/mol. The number of aromatic carboxylic acids is 1. The third-order valence-corrected chi connectivity index (χ3v) is 3.37. The van der Waals surface area contributed by atoms with Crippen molar-refractivity contribution >= 4 is 5.97 Å². The molecule has 0 spiro atoms. The highest BCUT2D eigenvalue weighted by Gasteiger charge is 2.17. The largest absolute Gasteiger partial charge is 0.545 e. The Bertz CT molecular complexity index is 777. The molecule has 3 rings (SSSR count). The summed E-state index contributed by atoms with van der Waals surface area (Å²) >= 11 is 0. The van der Waals surface area contributed by atoms with Gasteiger partial charge in [0.15, 0.2) is 0 Å². The van der Waals surface area contributed by atoms with Gasteiger partial charge in [0.2, 0.25) is 0 Å². The number of benzene rings is 2. The summed E-state index contributed by atoms with van der Waals surface area (Å²) in [6, 6.07) is 18.7. The van der Waals surface area contributed by atoms with E-state index in [1.807, 2.05) is 60.7 Å². The lowest BCUT2D eigenvalue weighted by atomic mass is 10.1. The lowest BCUT2D eigenvalue weighted by Gasteiger charge is -2.05. The first-order valence-corrected chi connectivity index (χ1v) is 6.60. The Kier molecular flexibility index (Phi) is 3.28. The van der Waals surface area contributed by atoms with E-state index in [0.29, 0.717) is 11.4 Å². The summed E-state index contributed by atoms with van der Waals surface area (Å²) in [7, 11) is 0. The molecular formula is C17H13N2O2-. The fourth-order valence-corrected chi connectivity index (χ4v) is 2.37. The van der Waals surface area contributed by atoms with Crippen molar-refractivity contribution < 1.29 is 9.90 Å². The van der Waals surface area contributed by atoms with Crippen LogP contribution in [0.2, 0.25) is 0 Å². The second kappa shape index (κ2) is 5.25. The number of rotatable bonds is 3. The molecule has 0 aliphatic carbocycles. The summed E-state index contributed by atoms with van der Waals surface area (Å²) in [5.41, 5.74) is 2.69. The van der Waals surface area contributed by atoms with E-state index in [2.05, 4.69) is 5.10 Å². The number of nitrogens with zero attached hydrogens (tertiary/aromatic N) is 2. The van der Waals surface area contributed by atoms with Gasteiger partial charge in [0.25, 0.3) is 0 Å². The number of para-hydroxylation sites is 1. The summed E-state index contributed by atoms with van der Waals surface area (Å²) in [5.74, 6) is -1.21. The molecule has 3 aromatic rings. The van der Waals surface area contributed by atoms with Crippen LogP contribution in [0, 0.1) is 6.92 Å². The highest BCUT2D eigenvalue weighted by atomic mass is 16.4. The predicted octanol–water partition coefficient (Wildman–Crippen LogP) is 2.21. The summed E-state index contributed by atoms with van der Waals surface area (Å²) < 4.78 is 1.63. The van der Waals surface area contributed by atoms with Crippen LogP contribution in [-0.2, 0) is 0 Å². The van der Waals surface area contributed by atoms with E-state index in [4.69, 9.17) is 0 Å². The van der Waals surface area contributed by atoms with Crippen molar-refractivity contribution in [3.05, 3.63) is 71.9 Å². The van der Waals surface area contributed by atoms with E-state index in [0.717, 1.165) is 11.3 Å². The molecule has 0 atom stereocenters. The molecule has 0 N–H and O–H groups in total. The first-order valence-electron chi connectivity index (χ1n) is 6.60. The molecule has 0 bridgehead atoms. The first kappa shape index (κ1) is 13.1. The van der Waals surface area contributed by atoms with Gasteiger partial charge in [-0.15, -0.1) is 0 Å². The molecule has 4 heteroatoms. The van der Waals surface area contributed by atoms with Crippen molar-refractivity contribution in [2.75, 3.05) is 0 Å². The van der Waals surface area contributed by atoms with Gasteiger partial charge in [0.1, 0.15) is 5.69 Å². The number of carboxylic acids is 1. The second-order valence-corrected chi connectivity index (χ2v) is 4.71. The molecule has 0 unspecified atom stereocenters. The molecule has 0 fully saturated rings. The maximum atomic E-state index is 11.5. The Hall–Kier alpha value is -2.88. The monoisotopic (exact) mass is 277 g/mol. The second-order valence-electron chi connectivity index (χ2n) is 4.71. The minimum Gasteiger partial charge on any atom is -0.545 e. The van der Waals surface area contributed by atoms with Gasteiger partial charge in [-0.25, -0.2) is 4.68 Å². The predicted molar refractivity (Wildman–Crippen MR) is 78.1 cm³/mol. The van der Waals surface area contributed by atoms with Crippen LogP contribution in [0.15, 0.2) is 60.7 Å². The Labute approximate surface area is 122 Å². The van der Waals surface area contributed by atoms with Crippen LogP contribution in [0.5, 0.6) is 0 Å². The molecule has 0 saturated heterocycles. The fraction of sp³-hybridized carbons (Fsp3) is 0.0588. The maximum absolute atomic E-state index is 11.5. The van der Waals surface area contributed by atoms with Crippen molar-refractivity contribution in [1.29, 1.82) is 0 Å². The van der Waals surface area contributed by atoms with Crippen molar-refractivity contribution in [1.82, 2.24) is 9.78 Å². The molecule has 1 heterocycles. The molecule has 21 heavy (non-hydrogen) atoms. The first-order chi connectivity index (χ1) is 10.2. The number of hydrogen-bond donors (Lipinski definition) is 0. The van der Waals surface area contributed by atoms with Crippen LogP contribution in [0.3, 0.4) is 0 Å². The molecule has 1 aromatic heterocycles. The zero-order valence-electron chi connectivity index (χ0n) is 11.5. The van der Waals surface area contributed by atoms with Gasteiger partial charge in [-0.05, 0) is 19.1 Å². The maximum Gasteiger partial charge on any atom is 0.102 e. The number of hydrogen-bond acceptors (Lipinski definition) is 3. The van der Waals surface area contributed by atoms with E-state index in [1.54, 1.807) is 11.6 Å². The van der Waals surface area contributed by atoms with Gasteiger partial charge >= 0.3 is 0 Å². The summed E-state index contributed by atoms with van der Waals surface area (Å²) in [5, 5.41) is 16.0. The van der Waals surface area contributed by atoms with Gasteiger partial charge in [-0.1, -0.05) is 48.5 Å². The zero-order valence-corrected chi connectivity index (χ0v) is 11.5. The molecular weight excluding hydrogens is 264 g/mol. The highest BCUT2D eigenvalue weighted by molar-refractivity contribution is 5.95. The molecule has 0 amide bonds. The number of aromatic nitrogens is 2. The zero-order chi connectivity index (χ0) is 14.8. The molecule has 0 radical (unpaired) electrons. The molecule has 0 aliphatic heterocycles. The third kappa shape index (κ3) is 2.31. The molecule has 104 valence electrons. The van der Waals surface area contributed by atoms with Gasteiger partial charge in [0.05, 0.1) is 17.4 Å². The molecule has 0 saturated carbocycles. The van der Waals surface area contributed by atoms with Crippen molar-refractivity contribution in [2.45, 2.75) is 6.92 Å². The Morgan fingerprint density at radius 3 is 2.14 bits per heavy atom. The summed E-state index contributed by atoms with van der Waals surface area (Å²) in [4.78, 5) is 11.5. The SMILES string of the molecule is Cc1c(C(=O)[O-])c(-c2ccccc2)nn1-c1ccccc1. The van der Waals surface area contributed by atoms with Crippen LogP contribution in [0.1, 0.15) is 16.1 Å². The average Bonchev–Trinajstić information content (AvgIpc) is 2.87. The van der Waals surface area contributed by atoms with Crippen LogP contribution in [0.4, 0.5) is 0 Å². The summed E-state index contributed by atoms with van der Waals surface area (Å²) in [6.07, 6.45) is 0. The summed E-state index contributed by atoms with van der Waals surface area (Å²) in [6.45, 7) is 1.73. The van der Waals surface area contributed by atoms with Crippen LogP contribution in [0.25, 0.3) is 16.9 Å². The Balaban J connectivity index is 2.24. The molecule has 4 nitrogen and oxygen atoms in total. The Morgan fingerprint density at radius 2 is 1.57 bits per heavy atom. The van der Waals surface area contributed by atoms with Crippen LogP contribution < -0.4 is 5.11 Å². The van der Waals surface area contributed by atoms with E-state index >= 15 is 0 Å². The number of carbonyl (C=O) groups is 1. The lowest BCUT2D eigenvalue weighted by molar-refractivity contribution is -0.255. The van der Waals surface area contributed by atoms with Crippen LogP contribution >= 0.6 is 0 Å². The number of carbonyl (C=O) groups excluding carboxylic acids is 1. The third-order valence-electron chi connectivity index (χ3n) is 3.37. The van der Waals surface area contributed by atoms with E-state index < -0.39 is 5.97 Å². The lowest BCUT2D eigenvalue weighted by Crippen LogP contribution is -2.23. The van der Waals surface area contributed by atoms with Gasteiger partial charge < -0.3 is 9.90 Å².